The number of hydrogen-bond acceptors (Lipinski definition) is 0. The van der Waals surface area contributed by atoms with Crippen LogP contribution in [0.2, 0.25) is 0 Å². The smallest absolute Gasteiger partial charge is 0.235 e. The molecular weight excluding hydrogens is 266 g/mol. The van der Waals surface area contributed by atoms with Gasteiger partial charge in [0.2, 0.25) is 6.17 Å². The van der Waals surface area contributed by atoms with Crippen molar-refractivity contribution in [1.82, 2.24) is 0 Å². The molecule has 0 amide bonds. The molecule has 74 valence electrons. The first-order chi connectivity index (χ1) is 5.80. The van der Waals surface area contributed by atoms with Crippen molar-refractivity contribution in [2.24, 2.45) is 0 Å². The molecule has 0 aromatic rings. The molecule has 0 saturated carbocycles. The summed E-state index contributed by atoms with van der Waals surface area (Å²) >= 11 is 1.78. The second-order valence-electron chi connectivity index (χ2n) is 2.28. The van der Waals surface area contributed by atoms with Crippen LogP contribution in [0.15, 0.2) is 23.3 Å². The van der Waals surface area contributed by atoms with Crippen LogP contribution in [-0.4, -0.2) is 10.7 Å². The van der Waals surface area contributed by atoms with Crippen LogP contribution in [0.1, 0.15) is 0 Å². The van der Waals surface area contributed by atoms with E-state index in [2.05, 4.69) is 0 Å². The van der Waals surface area contributed by atoms with Crippen molar-refractivity contribution in [3.63, 3.8) is 0 Å². The van der Waals surface area contributed by atoms with Gasteiger partial charge >= 0.3 is 0 Å². The molecule has 0 aromatic carbocycles. The van der Waals surface area contributed by atoms with Gasteiger partial charge in [0, 0.05) is 0 Å². The summed E-state index contributed by atoms with van der Waals surface area (Å²) in [4.78, 5) is 0. The predicted molar refractivity (Wildman–Crippen MR) is 36.1 cm³/mol. The third-order valence-electron chi connectivity index (χ3n) is 1.43. The lowest BCUT2D eigenvalue weighted by molar-refractivity contribution is 0.138. The van der Waals surface area contributed by atoms with Gasteiger partial charge < -0.3 is 0 Å². The maximum absolute atomic E-state index is 12.8. The minimum absolute atomic E-state index is 1.78. The van der Waals surface area contributed by atoms with Gasteiger partial charge in [-0.25, -0.2) is 26.3 Å². The van der Waals surface area contributed by atoms with Gasteiger partial charge in [-0.15, -0.1) is 0 Å². The Labute approximate surface area is 77.0 Å². The summed E-state index contributed by atoms with van der Waals surface area (Å²) in [7, 11) is 0. The molecule has 0 aromatic heterocycles. The van der Waals surface area contributed by atoms with Crippen LogP contribution < -0.4 is 0 Å². The van der Waals surface area contributed by atoms with Crippen molar-refractivity contribution in [2.75, 3.05) is 0 Å². The van der Waals surface area contributed by atoms with Crippen molar-refractivity contribution in [2.45, 2.75) is 10.7 Å². The van der Waals surface area contributed by atoms with Crippen LogP contribution in [-0.2, 0) is 0 Å². The minimum atomic E-state index is -3.67. The van der Waals surface area contributed by atoms with E-state index in [9.17, 15) is 26.3 Å². The Bertz CT molecular complexity index is 304. The standard InChI is InChI=1S/C6HBrF6/c7-6(13)4(11)2(9)1(8)3(10)5(6)12/h4H. The summed E-state index contributed by atoms with van der Waals surface area (Å²) in [6, 6.07) is 0. The van der Waals surface area contributed by atoms with Crippen molar-refractivity contribution in [1.29, 1.82) is 0 Å². The highest BCUT2D eigenvalue weighted by Gasteiger charge is 2.52. The Balaban J connectivity index is 3.32. The fourth-order valence-corrected chi connectivity index (χ4v) is 1.10. The van der Waals surface area contributed by atoms with Gasteiger partial charge in [0.05, 0.1) is 0 Å². The average molecular weight is 267 g/mol. The van der Waals surface area contributed by atoms with E-state index < -0.39 is 34.1 Å². The second-order valence-corrected chi connectivity index (χ2v) is 3.43. The van der Waals surface area contributed by atoms with Gasteiger partial charge in [0.1, 0.15) is 0 Å². The minimum Gasteiger partial charge on any atom is -0.235 e. The summed E-state index contributed by atoms with van der Waals surface area (Å²) in [6.45, 7) is 0. The Morgan fingerprint density at radius 1 is 1.08 bits per heavy atom. The van der Waals surface area contributed by atoms with Crippen LogP contribution in [0.5, 0.6) is 0 Å². The van der Waals surface area contributed by atoms with E-state index in [-0.39, 0.29) is 0 Å². The average Bonchev–Trinajstić information content (AvgIpc) is 2.09. The van der Waals surface area contributed by atoms with Gasteiger partial charge in [-0.2, -0.15) is 0 Å². The van der Waals surface area contributed by atoms with E-state index in [1.807, 2.05) is 0 Å². The molecule has 0 fully saturated rings. The molecule has 0 saturated heterocycles. The first-order valence-corrected chi connectivity index (χ1v) is 3.72. The van der Waals surface area contributed by atoms with Crippen molar-refractivity contribution in [3.05, 3.63) is 23.3 Å². The molecule has 2 atom stereocenters. The summed E-state index contributed by atoms with van der Waals surface area (Å²) < 4.78 is 70.8. The van der Waals surface area contributed by atoms with E-state index in [0.29, 0.717) is 0 Å². The molecule has 1 aliphatic carbocycles. The zero-order chi connectivity index (χ0) is 10.4. The van der Waals surface area contributed by atoms with Gasteiger partial charge in [-0.05, 0) is 15.9 Å². The van der Waals surface area contributed by atoms with Crippen molar-refractivity contribution >= 4 is 15.9 Å². The SMILES string of the molecule is FC1=C(F)C(F)C(F)(Br)C(F)=C1F. The fourth-order valence-electron chi connectivity index (χ4n) is 0.729. The Hall–Kier alpha value is -0.460. The zero-order valence-corrected chi connectivity index (χ0v) is 7.31. The number of rotatable bonds is 0. The van der Waals surface area contributed by atoms with Gasteiger partial charge in [0.15, 0.2) is 23.3 Å². The van der Waals surface area contributed by atoms with Crippen LogP contribution in [0.3, 0.4) is 0 Å². The summed E-state index contributed by atoms with van der Waals surface area (Å²) in [6.07, 6.45) is -3.23. The molecule has 2 unspecified atom stereocenters. The Kier molecular flexibility index (Phi) is 2.48. The van der Waals surface area contributed by atoms with E-state index in [0.717, 1.165) is 0 Å². The highest BCUT2D eigenvalue weighted by Crippen LogP contribution is 2.47. The molecule has 0 heterocycles. The van der Waals surface area contributed by atoms with E-state index >= 15 is 0 Å². The Morgan fingerprint density at radius 2 is 1.54 bits per heavy atom. The first kappa shape index (κ1) is 10.6. The van der Waals surface area contributed by atoms with Gasteiger partial charge in [-0.1, -0.05) is 0 Å². The predicted octanol–water partition coefficient (Wildman–Crippen LogP) is 3.70. The number of halogens is 7. The highest BCUT2D eigenvalue weighted by atomic mass is 79.9. The molecule has 0 aliphatic heterocycles. The molecule has 1 aliphatic rings. The van der Waals surface area contributed by atoms with Gasteiger partial charge in [-0.3, -0.25) is 0 Å². The van der Waals surface area contributed by atoms with Crippen LogP contribution in [0, 0.1) is 0 Å². The number of alkyl halides is 3. The molecule has 0 N–H and O–H groups in total. The van der Waals surface area contributed by atoms with Crippen molar-refractivity contribution in [3.8, 4) is 0 Å². The quantitative estimate of drug-likeness (QED) is 0.463. The van der Waals surface area contributed by atoms with Crippen LogP contribution >= 0.6 is 15.9 Å². The molecule has 0 radical (unpaired) electrons. The molecule has 13 heavy (non-hydrogen) atoms. The lowest BCUT2D eigenvalue weighted by atomic mass is 10.1. The van der Waals surface area contributed by atoms with E-state index in [4.69, 9.17) is 0 Å². The lowest BCUT2D eigenvalue weighted by Gasteiger charge is -2.23. The van der Waals surface area contributed by atoms with E-state index in [1.54, 1.807) is 15.9 Å². The molecule has 0 nitrogen and oxygen atoms in total. The van der Waals surface area contributed by atoms with E-state index in [1.165, 1.54) is 0 Å². The second kappa shape index (κ2) is 3.04. The topological polar surface area (TPSA) is 0 Å². The summed E-state index contributed by atoms with van der Waals surface area (Å²) in [5.74, 6) is -9.37. The van der Waals surface area contributed by atoms with Crippen LogP contribution in [0.4, 0.5) is 26.3 Å². The monoisotopic (exact) mass is 266 g/mol. The van der Waals surface area contributed by atoms with Crippen LogP contribution in [0.25, 0.3) is 0 Å². The third-order valence-corrected chi connectivity index (χ3v) is 2.18. The highest BCUT2D eigenvalue weighted by molar-refractivity contribution is 9.10. The summed E-state index contributed by atoms with van der Waals surface area (Å²) in [5, 5.41) is 0. The molecule has 7 heteroatoms. The number of hydrogen-bond donors (Lipinski definition) is 0. The maximum atomic E-state index is 12.8. The molecule has 1 rings (SSSR count). The summed E-state index contributed by atoms with van der Waals surface area (Å²) in [5.41, 5.74) is 0. The fraction of sp³-hybridized carbons (Fsp3) is 0.333. The molecule has 0 bridgehead atoms. The lowest BCUT2D eigenvalue weighted by Crippen LogP contribution is -2.33. The number of allylic oxidation sites excluding steroid dienone is 4. The zero-order valence-electron chi connectivity index (χ0n) is 5.72. The third kappa shape index (κ3) is 1.38. The Morgan fingerprint density at radius 3 is 2.00 bits per heavy atom. The largest absolute Gasteiger partial charge is 0.256 e. The first-order valence-electron chi connectivity index (χ1n) is 2.93. The molecule has 0 spiro atoms. The normalized spacial score (nSPS) is 35.8. The van der Waals surface area contributed by atoms with Crippen molar-refractivity contribution < 1.29 is 26.3 Å². The maximum Gasteiger partial charge on any atom is 0.256 e. The molecular formula is C6HBrF6. The van der Waals surface area contributed by atoms with Gasteiger partial charge in [0.25, 0.3) is 4.58 Å².